The number of benzene rings is 2. The number of nitrogens with one attached hydrogen (secondary N) is 1. The van der Waals surface area contributed by atoms with Crippen molar-refractivity contribution in [2.45, 2.75) is 31.8 Å². The maximum Gasteiger partial charge on any atom is 0.253 e. The number of nitrogens with zero attached hydrogens (tertiary/aromatic N) is 2. The van der Waals surface area contributed by atoms with Gasteiger partial charge in [0.15, 0.2) is 0 Å². The number of rotatable bonds is 5. The minimum Gasteiger partial charge on any atom is -0.490 e. The number of amides is 1. The predicted octanol–water partition coefficient (Wildman–Crippen LogP) is 5.94. The van der Waals surface area contributed by atoms with Crippen LogP contribution in [0.1, 0.15) is 25.7 Å². The van der Waals surface area contributed by atoms with E-state index in [-0.39, 0.29) is 5.91 Å². The van der Waals surface area contributed by atoms with Crippen LogP contribution < -0.4 is 10.1 Å². The van der Waals surface area contributed by atoms with E-state index < -0.39 is 0 Å². The number of fused-ring (bicyclic) bond motifs is 1. The smallest absolute Gasteiger partial charge is 0.253 e. The van der Waals surface area contributed by atoms with Crippen molar-refractivity contribution in [3.8, 4) is 16.9 Å². The van der Waals surface area contributed by atoms with E-state index in [1.54, 1.807) is 6.20 Å². The highest BCUT2D eigenvalue weighted by Gasteiger charge is 2.18. The molecule has 2 aromatic rings. The summed E-state index contributed by atoms with van der Waals surface area (Å²) < 4.78 is 6.16. The Balaban J connectivity index is 1.19. The number of carbonyl (C=O) groups excluding carboxylic acids is 1. The van der Waals surface area contributed by atoms with Crippen LogP contribution in [0, 0.1) is 0 Å². The molecule has 0 saturated carbocycles. The van der Waals surface area contributed by atoms with Crippen molar-refractivity contribution in [3.63, 3.8) is 0 Å². The lowest BCUT2D eigenvalue weighted by Crippen LogP contribution is -2.35. The lowest BCUT2D eigenvalue weighted by Gasteiger charge is -2.29. The van der Waals surface area contributed by atoms with E-state index in [1.165, 1.54) is 0 Å². The number of hydrogen-bond acceptors (Lipinski definition) is 4. The number of aliphatic imine (C=N–C) groups is 1. The molecule has 0 unspecified atom stereocenters. The Hall–Kier alpha value is -3.70. The second-order valence-electron chi connectivity index (χ2n) is 9.27. The quantitative estimate of drug-likeness (QED) is 0.595. The molecule has 1 fully saturated rings. The van der Waals surface area contributed by atoms with Crippen LogP contribution in [0.4, 0.5) is 5.69 Å². The number of allylic oxidation sites excluding steroid dienone is 6. The van der Waals surface area contributed by atoms with E-state index in [0.717, 1.165) is 66.2 Å². The maximum absolute atomic E-state index is 12.8. The average molecular weight is 466 g/mol. The van der Waals surface area contributed by atoms with E-state index in [0.29, 0.717) is 18.1 Å². The van der Waals surface area contributed by atoms with Gasteiger partial charge in [-0.2, -0.15) is 0 Å². The first-order valence-electron chi connectivity index (χ1n) is 12.3. The third-order valence-corrected chi connectivity index (χ3v) is 6.69. The Bertz CT molecular complexity index is 1210. The van der Waals surface area contributed by atoms with Crippen molar-refractivity contribution in [2.75, 3.05) is 25.5 Å². The molecule has 5 rings (SSSR count). The largest absolute Gasteiger partial charge is 0.490 e. The molecule has 1 N–H and O–H groups in total. The Morgan fingerprint density at radius 1 is 0.971 bits per heavy atom. The van der Waals surface area contributed by atoms with Crippen LogP contribution in [0.3, 0.4) is 0 Å². The first-order chi connectivity index (χ1) is 17.1. The van der Waals surface area contributed by atoms with Crippen LogP contribution >= 0.6 is 0 Å². The molecule has 178 valence electrons. The van der Waals surface area contributed by atoms with E-state index >= 15 is 0 Å². The summed E-state index contributed by atoms with van der Waals surface area (Å²) in [4.78, 5) is 19.7. The average Bonchev–Trinajstić information content (AvgIpc) is 3.23. The number of piperidine rings is 1. The zero-order valence-corrected chi connectivity index (χ0v) is 20.1. The maximum atomic E-state index is 12.8. The van der Waals surface area contributed by atoms with Gasteiger partial charge in [-0.15, -0.1) is 0 Å². The Kier molecular flexibility index (Phi) is 7.05. The summed E-state index contributed by atoms with van der Waals surface area (Å²) in [6.07, 6.45) is 15.7. The second-order valence-corrected chi connectivity index (χ2v) is 9.27. The van der Waals surface area contributed by atoms with Gasteiger partial charge in [-0.05, 0) is 79.8 Å². The van der Waals surface area contributed by atoms with Crippen molar-refractivity contribution in [3.05, 3.63) is 96.3 Å². The fourth-order valence-corrected chi connectivity index (χ4v) is 4.51. The molecule has 0 spiro atoms. The summed E-state index contributed by atoms with van der Waals surface area (Å²) in [7, 11) is 2.16. The predicted molar refractivity (Wildman–Crippen MR) is 143 cm³/mol. The highest BCUT2D eigenvalue weighted by molar-refractivity contribution is 6.11. The number of anilines is 1. The molecule has 5 heteroatoms. The summed E-state index contributed by atoms with van der Waals surface area (Å²) >= 11 is 0. The summed E-state index contributed by atoms with van der Waals surface area (Å²) in [6, 6.07) is 16.2. The molecule has 3 aliphatic rings. The summed E-state index contributed by atoms with van der Waals surface area (Å²) in [5.41, 5.74) is 5.71. The molecule has 1 amide bonds. The van der Waals surface area contributed by atoms with E-state index in [4.69, 9.17) is 4.74 Å². The van der Waals surface area contributed by atoms with Crippen molar-refractivity contribution >= 4 is 17.3 Å². The van der Waals surface area contributed by atoms with Gasteiger partial charge in [-0.3, -0.25) is 9.79 Å². The van der Waals surface area contributed by atoms with Crippen LogP contribution in [-0.2, 0) is 4.79 Å². The molecule has 0 radical (unpaired) electrons. The van der Waals surface area contributed by atoms with Gasteiger partial charge < -0.3 is 15.0 Å². The summed E-state index contributed by atoms with van der Waals surface area (Å²) in [5.74, 6) is 0.801. The normalized spacial score (nSPS) is 18.5. The SMILES string of the molecule is CN1CCC(Oc2ccc(-c3ccc(NC(=O)C4=CN=C5C=CC=CCC5=CC4)cc3)cc2)CC1. The van der Waals surface area contributed by atoms with Gasteiger partial charge in [0.1, 0.15) is 11.9 Å². The van der Waals surface area contributed by atoms with Gasteiger partial charge in [0.25, 0.3) is 5.91 Å². The zero-order chi connectivity index (χ0) is 24.0. The third-order valence-electron chi connectivity index (χ3n) is 6.69. The van der Waals surface area contributed by atoms with Gasteiger partial charge in [-0.25, -0.2) is 0 Å². The molecular weight excluding hydrogens is 434 g/mol. The second kappa shape index (κ2) is 10.7. The van der Waals surface area contributed by atoms with Gasteiger partial charge in [-0.1, -0.05) is 48.6 Å². The minimum atomic E-state index is -0.120. The van der Waals surface area contributed by atoms with E-state index in [9.17, 15) is 4.79 Å². The van der Waals surface area contributed by atoms with Crippen molar-refractivity contribution < 1.29 is 9.53 Å². The van der Waals surface area contributed by atoms with Crippen LogP contribution in [0.15, 0.2) is 101 Å². The van der Waals surface area contributed by atoms with Crippen molar-refractivity contribution in [1.29, 1.82) is 0 Å². The monoisotopic (exact) mass is 465 g/mol. The standard InChI is InChI=1S/C30H31N3O2/c1-33-19-17-28(18-20-33)35-27-15-11-23(12-16-27)22-9-13-26(14-10-22)32-30(34)25-8-7-24-5-3-2-4-6-29(24)31-21-25/h2-4,6-7,9-16,21,28H,5,8,17-20H2,1H3,(H,32,34). The lowest BCUT2D eigenvalue weighted by molar-refractivity contribution is -0.112. The Morgan fingerprint density at radius 3 is 2.43 bits per heavy atom. The minimum absolute atomic E-state index is 0.120. The number of carbonyl (C=O) groups is 1. The van der Waals surface area contributed by atoms with Crippen LogP contribution in [-0.4, -0.2) is 42.8 Å². The van der Waals surface area contributed by atoms with Gasteiger partial charge in [0.2, 0.25) is 0 Å². The molecule has 0 bridgehead atoms. The first-order valence-corrected chi connectivity index (χ1v) is 12.3. The van der Waals surface area contributed by atoms with E-state index in [2.05, 4.69) is 46.5 Å². The van der Waals surface area contributed by atoms with Crippen molar-refractivity contribution in [1.82, 2.24) is 4.90 Å². The first kappa shape index (κ1) is 23.1. The van der Waals surface area contributed by atoms with Crippen LogP contribution in [0.5, 0.6) is 5.75 Å². The molecule has 5 nitrogen and oxygen atoms in total. The fraction of sp³-hybridized carbons (Fsp3) is 0.267. The number of ether oxygens (including phenoxy) is 1. The molecular formula is C30H31N3O2. The molecule has 2 aliphatic heterocycles. The molecule has 2 heterocycles. The summed E-state index contributed by atoms with van der Waals surface area (Å²) in [5, 5.41) is 3.01. The van der Waals surface area contributed by atoms with Gasteiger partial charge in [0, 0.05) is 30.5 Å². The molecule has 2 aromatic carbocycles. The van der Waals surface area contributed by atoms with Gasteiger partial charge in [0.05, 0.1) is 5.71 Å². The lowest BCUT2D eigenvalue weighted by atomic mass is 10.0. The van der Waals surface area contributed by atoms with E-state index in [1.807, 2.05) is 54.6 Å². The van der Waals surface area contributed by atoms with Crippen LogP contribution in [0.25, 0.3) is 11.1 Å². The van der Waals surface area contributed by atoms with Gasteiger partial charge >= 0.3 is 0 Å². The number of hydrogen-bond donors (Lipinski definition) is 1. The molecule has 0 atom stereocenters. The molecule has 1 saturated heterocycles. The third kappa shape index (κ3) is 5.87. The van der Waals surface area contributed by atoms with Crippen molar-refractivity contribution in [2.24, 2.45) is 4.99 Å². The Morgan fingerprint density at radius 2 is 1.69 bits per heavy atom. The molecule has 1 aliphatic carbocycles. The summed E-state index contributed by atoms with van der Waals surface area (Å²) in [6.45, 7) is 2.17. The fourth-order valence-electron chi connectivity index (χ4n) is 4.51. The highest BCUT2D eigenvalue weighted by atomic mass is 16.5. The van der Waals surface area contributed by atoms with Crippen LogP contribution in [0.2, 0.25) is 0 Å². The number of likely N-dealkylation sites (tertiary alicyclic amines) is 1. The Labute approximate surface area is 207 Å². The zero-order valence-electron chi connectivity index (χ0n) is 20.1. The molecule has 35 heavy (non-hydrogen) atoms. The topological polar surface area (TPSA) is 53.9 Å². The molecule has 0 aromatic heterocycles. The highest BCUT2D eigenvalue weighted by Crippen LogP contribution is 2.26.